The molecule has 2 heterocycles. The molecule has 0 bridgehead atoms. The molecule has 2 aromatic rings. The fraction of sp³-hybridized carbons (Fsp3) is 0.500. The third-order valence-electron chi connectivity index (χ3n) is 5.96. The van der Waals surface area contributed by atoms with Crippen LogP contribution in [0.1, 0.15) is 41.5 Å². The molecule has 0 N–H and O–H groups in total. The van der Waals surface area contributed by atoms with Crippen LogP contribution in [0.15, 0.2) is 24.4 Å². The lowest BCUT2D eigenvalue weighted by molar-refractivity contribution is 0.109. The largest absolute Gasteiger partial charge is 0.474 e. The van der Waals surface area contributed by atoms with Gasteiger partial charge in [0.2, 0.25) is 5.88 Å². The van der Waals surface area contributed by atoms with E-state index < -0.39 is 0 Å². The highest BCUT2D eigenvalue weighted by Gasteiger charge is 2.21. The molecule has 1 aromatic carbocycles. The van der Waals surface area contributed by atoms with E-state index in [-0.39, 0.29) is 0 Å². The third-order valence-corrected chi connectivity index (χ3v) is 5.96. The highest BCUT2D eigenvalue weighted by atomic mass is 16.5. The van der Waals surface area contributed by atoms with Crippen LogP contribution in [0, 0.1) is 13.8 Å². The van der Waals surface area contributed by atoms with Crippen molar-refractivity contribution in [2.75, 3.05) is 20.1 Å². The molecule has 2 aliphatic rings. The van der Waals surface area contributed by atoms with Gasteiger partial charge in [0.15, 0.2) is 0 Å². The maximum absolute atomic E-state index is 6.29. The van der Waals surface area contributed by atoms with Gasteiger partial charge in [0, 0.05) is 24.8 Å². The van der Waals surface area contributed by atoms with E-state index in [1.54, 1.807) is 5.56 Å². The van der Waals surface area contributed by atoms with Crippen molar-refractivity contribution in [1.82, 2.24) is 9.88 Å². The van der Waals surface area contributed by atoms with E-state index >= 15 is 0 Å². The van der Waals surface area contributed by atoms with Crippen molar-refractivity contribution in [2.45, 2.75) is 52.1 Å². The van der Waals surface area contributed by atoms with Crippen molar-refractivity contribution >= 4 is 0 Å². The zero-order valence-corrected chi connectivity index (χ0v) is 15.6. The number of piperidine rings is 1. The van der Waals surface area contributed by atoms with Gasteiger partial charge in [-0.15, -0.1) is 0 Å². The first kappa shape index (κ1) is 16.6. The number of ether oxygens (including phenoxy) is 1. The highest BCUT2D eigenvalue weighted by Crippen LogP contribution is 2.36. The molecule has 0 amide bonds. The summed E-state index contributed by atoms with van der Waals surface area (Å²) in [4.78, 5) is 6.91. The monoisotopic (exact) mass is 336 g/mol. The molecular weight excluding hydrogens is 308 g/mol. The molecule has 1 saturated heterocycles. The number of likely N-dealkylation sites (tertiary alicyclic amines) is 1. The fourth-order valence-electron chi connectivity index (χ4n) is 4.33. The molecule has 0 radical (unpaired) electrons. The van der Waals surface area contributed by atoms with Crippen LogP contribution in [0.4, 0.5) is 0 Å². The number of aryl methyl sites for hydroxylation is 1. The van der Waals surface area contributed by atoms with E-state index in [9.17, 15) is 0 Å². The Hall–Kier alpha value is -1.87. The van der Waals surface area contributed by atoms with Crippen LogP contribution in [-0.2, 0) is 12.8 Å². The molecule has 0 saturated carbocycles. The van der Waals surface area contributed by atoms with Gasteiger partial charge >= 0.3 is 0 Å². The standard InChI is InChI=1S/C22H28N2O/c1-15-19-6-4-5-17(19)7-8-20(15)21-9-12-23-22(16(21)2)25-18-10-13-24(3)14-11-18/h7-9,12,18H,4-6,10-11,13-14H2,1-3H3. The minimum absolute atomic E-state index is 0.291. The predicted octanol–water partition coefficient (Wildman–Crippen LogP) is 4.33. The molecule has 3 heteroatoms. The SMILES string of the molecule is Cc1c(-c2ccc3c(c2C)CCC3)ccnc1OC1CCN(C)CC1. The van der Waals surface area contributed by atoms with Gasteiger partial charge in [-0.2, -0.15) is 0 Å². The number of hydrogen-bond donors (Lipinski definition) is 0. The molecular formula is C22H28N2O. The summed E-state index contributed by atoms with van der Waals surface area (Å²) in [5.74, 6) is 0.812. The van der Waals surface area contributed by atoms with E-state index in [0.717, 1.165) is 31.8 Å². The number of benzene rings is 1. The number of pyridine rings is 1. The van der Waals surface area contributed by atoms with Gasteiger partial charge in [0.1, 0.15) is 6.10 Å². The van der Waals surface area contributed by atoms with Crippen molar-refractivity contribution in [3.8, 4) is 17.0 Å². The summed E-state index contributed by atoms with van der Waals surface area (Å²) >= 11 is 0. The highest BCUT2D eigenvalue weighted by molar-refractivity contribution is 5.73. The molecule has 0 unspecified atom stereocenters. The second kappa shape index (κ2) is 6.80. The van der Waals surface area contributed by atoms with Gasteiger partial charge in [0.05, 0.1) is 0 Å². The normalized spacial score (nSPS) is 18.4. The van der Waals surface area contributed by atoms with Gasteiger partial charge in [-0.1, -0.05) is 12.1 Å². The van der Waals surface area contributed by atoms with Crippen molar-refractivity contribution in [3.05, 3.63) is 46.6 Å². The van der Waals surface area contributed by atoms with Gasteiger partial charge in [-0.05, 0) is 86.9 Å². The lowest BCUT2D eigenvalue weighted by atomic mass is 9.92. The minimum Gasteiger partial charge on any atom is -0.474 e. The van der Waals surface area contributed by atoms with Gasteiger partial charge in [-0.3, -0.25) is 0 Å². The molecule has 0 spiro atoms. The van der Waals surface area contributed by atoms with Crippen LogP contribution < -0.4 is 4.74 Å². The lowest BCUT2D eigenvalue weighted by Gasteiger charge is -2.29. The summed E-state index contributed by atoms with van der Waals surface area (Å²) in [7, 11) is 2.18. The molecule has 3 nitrogen and oxygen atoms in total. The third kappa shape index (κ3) is 3.18. The van der Waals surface area contributed by atoms with Crippen LogP contribution in [-0.4, -0.2) is 36.1 Å². The number of rotatable bonds is 3. The van der Waals surface area contributed by atoms with E-state index in [1.165, 1.54) is 47.1 Å². The second-order valence-corrected chi connectivity index (χ2v) is 7.64. The van der Waals surface area contributed by atoms with Crippen LogP contribution in [0.5, 0.6) is 5.88 Å². The number of hydrogen-bond acceptors (Lipinski definition) is 3. The van der Waals surface area contributed by atoms with Crippen molar-refractivity contribution in [1.29, 1.82) is 0 Å². The quantitative estimate of drug-likeness (QED) is 0.834. The summed E-state index contributed by atoms with van der Waals surface area (Å²) in [6, 6.07) is 6.75. The summed E-state index contributed by atoms with van der Waals surface area (Å²) in [6.45, 7) is 6.64. The summed E-state index contributed by atoms with van der Waals surface area (Å²) < 4.78 is 6.29. The summed E-state index contributed by atoms with van der Waals surface area (Å²) in [5.41, 5.74) is 8.32. The zero-order valence-electron chi connectivity index (χ0n) is 15.6. The average Bonchev–Trinajstić information content (AvgIpc) is 3.09. The molecule has 1 aliphatic heterocycles. The van der Waals surface area contributed by atoms with Crippen molar-refractivity contribution in [3.63, 3.8) is 0 Å². The van der Waals surface area contributed by atoms with Gasteiger partial charge < -0.3 is 9.64 Å². The number of fused-ring (bicyclic) bond motifs is 1. The van der Waals surface area contributed by atoms with E-state index in [1.807, 2.05) is 6.20 Å². The van der Waals surface area contributed by atoms with E-state index in [0.29, 0.717) is 6.10 Å². The Morgan fingerprint density at radius 2 is 1.76 bits per heavy atom. The maximum Gasteiger partial charge on any atom is 0.217 e. The average molecular weight is 336 g/mol. The second-order valence-electron chi connectivity index (χ2n) is 7.64. The Morgan fingerprint density at radius 3 is 2.56 bits per heavy atom. The topological polar surface area (TPSA) is 25.4 Å². The van der Waals surface area contributed by atoms with Crippen molar-refractivity contribution in [2.24, 2.45) is 0 Å². The molecule has 25 heavy (non-hydrogen) atoms. The van der Waals surface area contributed by atoms with E-state index in [4.69, 9.17) is 4.74 Å². The van der Waals surface area contributed by atoms with Crippen LogP contribution in [0.2, 0.25) is 0 Å². The Bertz CT molecular complexity index is 776. The summed E-state index contributed by atoms with van der Waals surface area (Å²) in [5, 5.41) is 0. The van der Waals surface area contributed by atoms with Crippen molar-refractivity contribution < 1.29 is 4.74 Å². The van der Waals surface area contributed by atoms with Gasteiger partial charge in [-0.25, -0.2) is 4.98 Å². The molecule has 1 aromatic heterocycles. The van der Waals surface area contributed by atoms with Crippen LogP contribution >= 0.6 is 0 Å². The zero-order chi connectivity index (χ0) is 17.4. The first-order chi connectivity index (χ1) is 12.1. The van der Waals surface area contributed by atoms with Crippen LogP contribution in [0.3, 0.4) is 0 Å². The first-order valence-electron chi connectivity index (χ1n) is 9.56. The first-order valence-corrected chi connectivity index (χ1v) is 9.56. The molecule has 1 fully saturated rings. The smallest absolute Gasteiger partial charge is 0.217 e. The Morgan fingerprint density at radius 1 is 1.00 bits per heavy atom. The minimum atomic E-state index is 0.291. The molecule has 132 valence electrons. The molecule has 4 rings (SSSR count). The number of aromatic nitrogens is 1. The maximum atomic E-state index is 6.29. The molecule has 1 aliphatic carbocycles. The number of nitrogens with zero attached hydrogens (tertiary/aromatic N) is 2. The van der Waals surface area contributed by atoms with Crippen LogP contribution in [0.25, 0.3) is 11.1 Å². The Kier molecular flexibility index (Phi) is 4.51. The fourth-order valence-corrected chi connectivity index (χ4v) is 4.33. The predicted molar refractivity (Wildman–Crippen MR) is 102 cm³/mol. The lowest BCUT2D eigenvalue weighted by Crippen LogP contribution is -2.35. The molecule has 0 atom stereocenters. The summed E-state index contributed by atoms with van der Waals surface area (Å²) in [6.07, 6.45) is 8.10. The Balaban J connectivity index is 1.64. The van der Waals surface area contributed by atoms with Gasteiger partial charge in [0.25, 0.3) is 0 Å². The van der Waals surface area contributed by atoms with E-state index in [2.05, 4.69) is 49.0 Å². The Labute approximate surface area is 151 Å².